The average molecular weight is 459 g/mol. The first kappa shape index (κ1) is 22.2. The monoisotopic (exact) mass is 458 g/mol. The summed E-state index contributed by atoms with van der Waals surface area (Å²) < 4.78 is 0. The summed E-state index contributed by atoms with van der Waals surface area (Å²) in [7, 11) is 0. The van der Waals surface area contributed by atoms with Crippen LogP contribution in [0.15, 0.2) is 120 Å². The van der Waals surface area contributed by atoms with Gasteiger partial charge in [-0.25, -0.2) is 4.98 Å². The highest BCUT2D eigenvalue weighted by Gasteiger charge is 2.39. The lowest BCUT2D eigenvalue weighted by Crippen LogP contribution is -2.35. The molecule has 0 fully saturated rings. The smallest absolute Gasteiger partial charge is 0.270 e. The normalized spacial score (nSPS) is 11.9. The number of carbonyl (C=O) groups excluding carboxylic acids is 2. The molecule has 0 bridgehead atoms. The van der Waals surface area contributed by atoms with E-state index in [1.54, 1.807) is 60.7 Å². The number of nitrogens with one attached hydrogen (secondary N) is 1. The standard InChI is InChI=1S/C30H22N2O3/c33-28(21-14-6-2-7-15-21)26(29(34)22-16-8-3-9-17-22)25(20-12-4-1-5-13-20)27-30(35)32-24-19-11-10-18-23(24)31-27/h1-19,25-26H,(H,32,35). The summed E-state index contributed by atoms with van der Waals surface area (Å²) in [6.07, 6.45) is 0. The van der Waals surface area contributed by atoms with Gasteiger partial charge in [0.2, 0.25) is 0 Å². The van der Waals surface area contributed by atoms with Gasteiger partial charge in [0.1, 0.15) is 5.69 Å². The first-order chi connectivity index (χ1) is 17.1. The van der Waals surface area contributed by atoms with E-state index in [1.165, 1.54) is 0 Å². The van der Waals surface area contributed by atoms with Gasteiger partial charge in [-0.15, -0.1) is 0 Å². The lowest BCUT2D eigenvalue weighted by atomic mass is 9.75. The molecule has 0 saturated carbocycles. The van der Waals surface area contributed by atoms with Crippen LogP contribution in [-0.4, -0.2) is 21.5 Å². The van der Waals surface area contributed by atoms with E-state index in [2.05, 4.69) is 9.97 Å². The Bertz CT molecular complexity index is 1490. The highest BCUT2D eigenvalue weighted by Crippen LogP contribution is 2.34. The molecule has 0 aliphatic carbocycles. The van der Waals surface area contributed by atoms with E-state index in [4.69, 9.17) is 0 Å². The molecule has 5 nitrogen and oxygen atoms in total. The summed E-state index contributed by atoms with van der Waals surface area (Å²) >= 11 is 0. The summed E-state index contributed by atoms with van der Waals surface area (Å²) in [5.41, 5.74) is 2.35. The molecule has 1 aromatic heterocycles. The number of para-hydroxylation sites is 2. The zero-order chi connectivity index (χ0) is 24.2. The quantitative estimate of drug-likeness (QED) is 0.260. The minimum absolute atomic E-state index is 0.133. The van der Waals surface area contributed by atoms with Crippen LogP contribution in [0.1, 0.15) is 37.9 Å². The Morgan fingerprint density at radius 3 is 1.69 bits per heavy atom. The van der Waals surface area contributed by atoms with Gasteiger partial charge in [0.15, 0.2) is 11.6 Å². The van der Waals surface area contributed by atoms with Crippen LogP contribution >= 0.6 is 0 Å². The number of rotatable bonds is 7. The van der Waals surface area contributed by atoms with Crippen LogP contribution in [-0.2, 0) is 0 Å². The molecule has 1 atom stereocenters. The van der Waals surface area contributed by atoms with Crippen molar-refractivity contribution in [3.05, 3.63) is 148 Å². The van der Waals surface area contributed by atoms with E-state index >= 15 is 0 Å². The number of nitrogens with zero attached hydrogens (tertiary/aromatic N) is 1. The van der Waals surface area contributed by atoms with Crippen LogP contribution in [0.2, 0.25) is 0 Å². The number of carbonyl (C=O) groups is 2. The Morgan fingerprint density at radius 1 is 0.629 bits per heavy atom. The van der Waals surface area contributed by atoms with Gasteiger partial charge in [0, 0.05) is 17.0 Å². The lowest BCUT2D eigenvalue weighted by Gasteiger charge is -2.25. The zero-order valence-electron chi connectivity index (χ0n) is 18.8. The van der Waals surface area contributed by atoms with Crippen molar-refractivity contribution >= 4 is 22.6 Å². The van der Waals surface area contributed by atoms with Gasteiger partial charge in [0.05, 0.1) is 17.0 Å². The minimum atomic E-state index is -1.18. The van der Waals surface area contributed by atoms with Crippen LogP contribution in [0.25, 0.3) is 11.0 Å². The third-order valence-corrected chi connectivity index (χ3v) is 6.09. The van der Waals surface area contributed by atoms with Crippen molar-refractivity contribution in [2.45, 2.75) is 5.92 Å². The first-order valence-corrected chi connectivity index (χ1v) is 11.4. The van der Waals surface area contributed by atoms with E-state index in [1.807, 2.05) is 54.6 Å². The van der Waals surface area contributed by atoms with E-state index in [9.17, 15) is 14.4 Å². The van der Waals surface area contributed by atoms with Gasteiger partial charge >= 0.3 is 0 Å². The maximum atomic E-state index is 14.0. The molecule has 5 aromatic rings. The summed E-state index contributed by atoms with van der Waals surface area (Å²) in [6.45, 7) is 0. The molecule has 4 aromatic carbocycles. The first-order valence-electron chi connectivity index (χ1n) is 11.4. The Labute approximate surface area is 202 Å². The molecule has 35 heavy (non-hydrogen) atoms. The average Bonchev–Trinajstić information content (AvgIpc) is 2.92. The predicted octanol–water partition coefficient (Wildman–Crippen LogP) is 5.44. The van der Waals surface area contributed by atoms with Gasteiger partial charge < -0.3 is 4.98 Å². The maximum absolute atomic E-state index is 14.0. The van der Waals surface area contributed by atoms with Crippen molar-refractivity contribution in [3.63, 3.8) is 0 Å². The molecule has 1 heterocycles. The highest BCUT2D eigenvalue weighted by molar-refractivity contribution is 6.17. The molecule has 0 radical (unpaired) electrons. The molecule has 0 spiro atoms. The lowest BCUT2D eigenvalue weighted by molar-refractivity contribution is 0.0791. The molecule has 170 valence electrons. The van der Waals surface area contributed by atoms with Crippen LogP contribution in [0, 0.1) is 5.92 Å². The number of Topliss-reactive ketones (excluding diaryl/α,β-unsaturated/α-hetero) is 2. The number of hydrogen-bond acceptors (Lipinski definition) is 4. The van der Waals surface area contributed by atoms with Gasteiger partial charge in [-0.3, -0.25) is 14.4 Å². The fourth-order valence-corrected chi connectivity index (χ4v) is 4.41. The molecule has 0 amide bonds. The molecule has 1 N–H and O–H groups in total. The molecular formula is C30H22N2O3. The Kier molecular flexibility index (Phi) is 6.14. The van der Waals surface area contributed by atoms with Crippen molar-refractivity contribution in [2.24, 2.45) is 5.92 Å². The number of ketones is 2. The molecule has 0 aliphatic rings. The molecule has 5 heteroatoms. The SMILES string of the molecule is O=C(c1ccccc1)C(C(=O)c1ccccc1)C(c1ccccc1)c1nc2ccccc2[nH]c1=O. The second kappa shape index (κ2) is 9.69. The van der Waals surface area contributed by atoms with E-state index in [0.717, 1.165) is 0 Å². The maximum Gasteiger partial charge on any atom is 0.270 e. The van der Waals surface area contributed by atoms with E-state index < -0.39 is 17.4 Å². The summed E-state index contributed by atoms with van der Waals surface area (Å²) in [6, 6.07) is 33.8. The number of aromatic nitrogens is 2. The van der Waals surface area contributed by atoms with Crippen molar-refractivity contribution < 1.29 is 9.59 Å². The van der Waals surface area contributed by atoms with Crippen LogP contribution in [0.4, 0.5) is 0 Å². The zero-order valence-corrected chi connectivity index (χ0v) is 18.8. The van der Waals surface area contributed by atoms with E-state index in [-0.39, 0.29) is 17.3 Å². The highest BCUT2D eigenvalue weighted by atomic mass is 16.2. The van der Waals surface area contributed by atoms with Gasteiger partial charge in [-0.05, 0) is 17.7 Å². The minimum Gasteiger partial charge on any atom is -0.319 e. The summed E-state index contributed by atoms with van der Waals surface area (Å²) in [4.78, 5) is 48.8. The fraction of sp³-hybridized carbons (Fsp3) is 0.0667. The summed E-state index contributed by atoms with van der Waals surface area (Å²) in [5.74, 6) is -2.78. The van der Waals surface area contributed by atoms with Gasteiger partial charge in [-0.2, -0.15) is 0 Å². The fourth-order valence-electron chi connectivity index (χ4n) is 4.41. The third kappa shape index (κ3) is 4.44. The number of benzene rings is 4. The Balaban J connectivity index is 1.77. The Morgan fingerprint density at radius 2 is 1.11 bits per heavy atom. The molecule has 0 aliphatic heterocycles. The molecule has 1 unspecified atom stereocenters. The number of aromatic amines is 1. The largest absolute Gasteiger partial charge is 0.319 e. The number of hydrogen-bond donors (Lipinski definition) is 1. The van der Waals surface area contributed by atoms with Crippen LogP contribution in [0.5, 0.6) is 0 Å². The van der Waals surface area contributed by atoms with Crippen molar-refractivity contribution in [1.29, 1.82) is 0 Å². The van der Waals surface area contributed by atoms with Crippen molar-refractivity contribution in [1.82, 2.24) is 9.97 Å². The van der Waals surface area contributed by atoms with Crippen LogP contribution < -0.4 is 5.56 Å². The molecule has 5 rings (SSSR count). The third-order valence-electron chi connectivity index (χ3n) is 6.09. The summed E-state index contributed by atoms with van der Waals surface area (Å²) in [5, 5.41) is 0. The van der Waals surface area contributed by atoms with Crippen molar-refractivity contribution in [3.8, 4) is 0 Å². The van der Waals surface area contributed by atoms with Crippen LogP contribution in [0.3, 0.4) is 0 Å². The molecular weight excluding hydrogens is 436 g/mol. The van der Waals surface area contributed by atoms with E-state index in [0.29, 0.717) is 27.7 Å². The topological polar surface area (TPSA) is 79.9 Å². The number of fused-ring (bicyclic) bond motifs is 1. The predicted molar refractivity (Wildman–Crippen MR) is 136 cm³/mol. The second-order valence-corrected chi connectivity index (χ2v) is 8.29. The van der Waals surface area contributed by atoms with Gasteiger partial charge in [0.25, 0.3) is 5.56 Å². The second-order valence-electron chi connectivity index (χ2n) is 8.29. The number of H-pyrrole nitrogens is 1. The van der Waals surface area contributed by atoms with Crippen molar-refractivity contribution in [2.75, 3.05) is 0 Å². The Hall–Kier alpha value is -4.64. The molecule has 0 saturated heterocycles. The van der Waals surface area contributed by atoms with Gasteiger partial charge in [-0.1, -0.05) is 103 Å².